The minimum absolute atomic E-state index is 0.0590. The monoisotopic (exact) mass is 353 g/mol. The fourth-order valence-electron chi connectivity index (χ4n) is 3.93. The third-order valence-corrected chi connectivity index (χ3v) is 5.06. The van der Waals surface area contributed by atoms with Crippen LogP contribution in [0.3, 0.4) is 0 Å². The molecule has 1 unspecified atom stereocenters. The van der Waals surface area contributed by atoms with Crippen molar-refractivity contribution in [2.24, 2.45) is 0 Å². The van der Waals surface area contributed by atoms with Crippen molar-refractivity contribution in [3.05, 3.63) is 108 Å². The average molecular weight is 353 g/mol. The van der Waals surface area contributed by atoms with Gasteiger partial charge in [0, 0.05) is 6.54 Å². The van der Waals surface area contributed by atoms with E-state index < -0.39 is 0 Å². The van der Waals surface area contributed by atoms with Gasteiger partial charge in [0.25, 0.3) is 5.91 Å². The summed E-state index contributed by atoms with van der Waals surface area (Å²) in [4.78, 5) is 15.6. The fourth-order valence-corrected chi connectivity index (χ4v) is 3.93. The molecule has 0 saturated carbocycles. The van der Waals surface area contributed by atoms with E-state index in [1.54, 1.807) is 0 Å². The van der Waals surface area contributed by atoms with Crippen LogP contribution in [0.1, 0.15) is 36.1 Å². The lowest BCUT2D eigenvalue weighted by Crippen LogP contribution is -2.30. The quantitative estimate of drug-likeness (QED) is 0.585. The maximum Gasteiger partial charge on any atom is 0.255 e. The molecule has 0 bridgehead atoms. The van der Waals surface area contributed by atoms with Gasteiger partial charge < -0.3 is 4.90 Å². The van der Waals surface area contributed by atoms with Gasteiger partial charge >= 0.3 is 0 Å². The number of hydrogen-bond acceptors (Lipinski definition) is 1. The summed E-state index contributed by atoms with van der Waals surface area (Å²) in [5, 5.41) is 0. The number of rotatable bonds is 5. The summed E-state index contributed by atoms with van der Waals surface area (Å²) < 4.78 is 0. The second-order valence-corrected chi connectivity index (χ2v) is 6.83. The number of carbonyl (C=O) groups excluding carboxylic acids is 1. The Morgan fingerprint density at radius 2 is 1.26 bits per heavy atom. The first-order valence-electron chi connectivity index (χ1n) is 9.52. The topological polar surface area (TPSA) is 20.3 Å². The Bertz CT molecular complexity index is 945. The minimum Gasteiger partial charge on any atom is -0.327 e. The zero-order valence-corrected chi connectivity index (χ0v) is 15.5. The summed E-state index contributed by atoms with van der Waals surface area (Å²) in [6.45, 7) is 2.86. The van der Waals surface area contributed by atoms with Crippen molar-refractivity contribution < 1.29 is 4.79 Å². The highest BCUT2D eigenvalue weighted by molar-refractivity contribution is 6.31. The van der Waals surface area contributed by atoms with Crippen molar-refractivity contribution in [1.82, 2.24) is 4.90 Å². The fraction of sp³-hybridized carbons (Fsp3) is 0.160. The van der Waals surface area contributed by atoms with Crippen LogP contribution in [0.5, 0.6) is 0 Å². The number of benzene rings is 3. The molecule has 1 heterocycles. The Hall–Kier alpha value is -3.13. The highest BCUT2D eigenvalue weighted by Gasteiger charge is 2.40. The number of amides is 1. The van der Waals surface area contributed by atoms with E-state index in [1.165, 1.54) is 0 Å². The normalized spacial score (nSPS) is 16.9. The van der Waals surface area contributed by atoms with Crippen molar-refractivity contribution >= 4 is 17.1 Å². The van der Waals surface area contributed by atoms with Crippen LogP contribution in [-0.2, 0) is 4.79 Å². The van der Waals surface area contributed by atoms with Crippen LogP contribution in [0.15, 0.2) is 91.0 Å². The molecule has 0 spiro atoms. The van der Waals surface area contributed by atoms with Crippen LogP contribution < -0.4 is 0 Å². The molecule has 0 fully saturated rings. The lowest BCUT2D eigenvalue weighted by Gasteiger charge is -2.27. The lowest BCUT2D eigenvalue weighted by molar-refractivity contribution is -0.125. The molecule has 134 valence electrons. The highest BCUT2D eigenvalue weighted by Crippen LogP contribution is 2.47. The molecule has 1 atom stereocenters. The number of carbonyl (C=O) groups is 1. The van der Waals surface area contributed by atoms with Gasteiger partial charge in [-0.25, -0.2) is 0 Å². The largest absolute Gasteiger partial charge is 0.327 e. The molecule has 4 rings (SSSR count). The first-order chi connectivity index (χ1) is 13.3. The standard InChI is InChI=1S/C25H23NO/c1-2-18-26-24(21-16-10-5-11-17-21)22(19-12-6-3-7-13-19)23(25(26)27)20-14-8-4-9-15-20/h3-17,24H,2,18H2,1H3. The molecule has 0 saturated heterocycles. The first kappa shape index (κ1) is 17.3. The van der Waals surface area contributed by atoms with E-state index in [9.17, 15) is 4.79 Å². The van der Waals surface area contributed by atoms with Crippen molar-refractivity contribution in [2.75, 3.05) is 6.54 Å². The van der Waals surface area contributed by atoms with E-state index >= 15 is 0 Å². The molecule has 0 N–H and O–H groups in total. The van der Waals surface area contributed by atoms with Crippen molar-refractivity contribution in [3.8, 4) is 0 Å². The third kappa shape index (κ3) is 3.19. The van der Waals surface area contributed by atoms with Crippen molar-refractivity contribution in [1.29, 1.82) is 0 Å². The van der Waals surface area contributed by atoms with E-state index in [2.05, 4.69) is 31.2 Å². The number of hydrogen-bond donors (Lipinski definition) is 0. The van der Waals surface area contributed by atoms with E-state index in [4.69, 9.17) is 0 Å². The summed E-state index contributed by atoms with van der Waals surface area (Å²) in [5.74, 6) is 0.121. The van der Waals surface area contributed by atoms with Gasteiger partial charge in [-0.1, -0.05) is 97.9 Å². The Morgan fingerprint density at radius 3 is 1.81 bits per heavy atom. The zero-order valence-electron chi connectivity index (χ0n) is 15.5. The molecule has 0 aliphatic carbocycles. The van der Waals surface area contributed by atoms with E-state index in [-0.39, 0.29) is 11.9 Å². The maximum atomic E-state index is 13.5. The van der Waals surface area contributed by atoms with E-state index in [1.807, 2.05) is 71.6 Å². The summed E-state index contributed by atoms with van der Waals surface area (Å²) in [7, 11) is 0. The molecule has 3 aromatic carbocycles. The molecular weight excluding hydrogens is 330 g/mol. The van der Waals surface area contributed by atoms with E-state index in [0.717, 1.165) is 40.8 Å². The zero-order chi connectivity index (χ0) is 18.6. The van der Waals surface area contributed by atoms with Crippen LogP contribution in [-0.4, -0.2) is 17.4 Å². The van der Waals surface area contributed by atoms with Gasteiger partial charge in [-0.15, -0.1) is 0 Å². The smallest absolute Gasteiger partial charge is 0.255 e. The van der Waals surface area contributed by atoms with Gasteiger partial charge in [-0.3, -0.25) is 4.79 Å². The summed E-state index contributed by atoms with van der Waals surface area (Å²) >= 11 is 0. The molecule has 2 nitrogen and oxygen atoms in total. The van der Waals surface area contributed by atoms with Crippen LogP contribution in [0.2, 0.25) is 0 Å². The van der Waals surface area contributed by atoms with Crippen LogP contribution in [0.4, 0.5) is 0 Å². The second kappa shape index (κ2) is 7.63. The molecule has 2 heteroatoms. The third-order valence-electron chi connectivity index (χ3n) is 5.06. The van der Waals surface area contributed by atoms with Crippen molar-refractivity contribution in [3.63, 3.8) is 0 Å². The van der Waals surface area contributed by atoms with Gasteiger partial charge in [0.1, 0.15) is 0 Å². The average Bonchev–Trinajstić information content (AvgIpc) is 3.03. The summed E-state index contributed by atoms with van der Waals surface area (Å²) in [6, 6.07) is 30.7. The van der Waals surface area contributed by atoms with Crippen LogP contribution in [0, 0.1) is 0 Å². The molecule has 1 aliphatic rings. The van der Waals surface area contributed by atoms with E-state index in [0.29, 0.717) is 0 Å². The molecule has 0 aromatic heterocycles. The summed E-state index contributed by atoms with van der Waals surface area (Å²) in [5.41, 5.74) is 5.18. The Balaban J connectivity index is 1.98. The Kier molecular flexibility index (Phi) is 4.88. The van der Waals surface area contributed by atoms with Crippen molar-refractivity contribution in [2.45, 2.75) is 19.4 Å². The first-order valence-corrected chi connectivity index (χ1v) is 9.52. The number of nitrogens with zero attached hydrogens (tertiary/aromatic N) is 1. The molecular formula is C25H23NO. The summed E-state index contributed by atoms with van der Waals surface area (Å²) in [6.07, 6.45) is 0.930. The van der Waals surface area contributed by atoms with Gasteiger partial charge in [0.2, 0.25) is 0 Å². The predicted molar refractivity (Wildman–Crippen MR) is 111 cm³/mol. The van der Waals surface area contributed by atoms with Gasteiger partial charge in [0.05, 0.1) is 11.6 Å². The van der Waals surface area contributed by atoms with Gasteiger partial charge in [0.15, 0.2) is 0 Å². The molecule has 1 aliphatic heterocycles. The minimum atomic E-state index is -0.0590. The molecule has 1 amide bonds. The Morgan fingerprint density at radius 1 is 0.741 bits per heavy atom. The lowest BCUT2D eigenvalue weighted by atomic mass is 9.89. The SMILES string of the molecule is CCCN1C(=O)C(c2ccccc2)=C(c2ccccc2)C1c1ccccc1. The second-order valence-electron chi connectivity index (χ2n) is 6.83. The van der Waals surface area contributed by atoms with Crippen LogP contribution in [0.25, 0.3) is 11.1 Å². The van der Waals surface area contributed by atoms with Crippen LogP contribution >= 0.6 is 0 Å². The van der Waals surface area contributed by atoms with Gasteiger partial charge in [-0.2, -0.15) is 0 Å². The Labute approximate surface area is 160 Å². The molecule has 0 radical (unpaired) electrons. The molecule has 3 aromatic rings. The molecule has 27 heavy (non-hydrogen) atoms. The predicted octanol–water partition coefficient (Wildman–Crippen LogP) is 5.59. The maximum absolute atomic E-state index is 13.5. The van der Waals surface area contributed by atoms with Gasteiger partial charge in [-0.05, 0) is 28.7 Å². The highest BCUT2D eigenvalue weighted by atomic mass is 16.2.